The quantitative estimate of drug-likeness (QED) is 0.702. The van der Waals surface area contributed by atoms with E-state index in [1.165, 1.54) is 5.56 Å². The Morgan fingerprint density at radius 2 is 2.43 bits per heavy atom. The van der Waals surface area contributed by atoms with Crippen LogP contribution < -0.4 is 5.32 Å². The fourth-order valence-electron chi connectivity index (χ4n) is 1.47. The van der Waals surface area contributed by atoms with Gasteiger partial charge < -0.3 is 9.73 Å². The summed E-state index contributed by atoms with van der Waals surface area (Å²) in [5.74, 6) is 0.965. The Morgan fingerprint density at radius 3 is 2.93 bits per heavy atom. The molecule has 0 amide bonds. The van der Waals surface area contributed by atoms with Gasteiger partial charge in [0.2, 0.25) is 0 Å². The molecular weight excluding hydrogens is 174 g/mol. The Morgan fingerprint density at radius 1 is 1.64 bits per heavy atom. The summed E-state index contributed by atoms with van der Waals surface area (Å²) in [6.07, 6.45) is 5.85. The molecule has 1 rings (SSSR count). The van der Waals surface area contributed by atoms with Crippen LogP contribution >= 0.6 is 0 Å². The maximum absolute atomic E-state index is 5.30. The minimum Gasteiger partial charge on any atom is -0.469 e. The molecule has 1 heterocycles. The Bertz CT molecular complexity index is 278. The summed E-state index contributed by atoms with van der Waals surface area (Å²) >= 11 is 0. The van der Waals surface area contributed by atoms with Crippen LogP contribution in [0.15, 0.2) is 29.4 Å². The second-order valence-corrected chi connectivity index (χ2v) is 3.52. The van der Waals surface area contributed by atoms with Crippen molar-refractivity contribution in [2.75, 3.05) is 6.54 Å². The number of hydrogen-bond donors (Lipinski definition) is 1. The molecule has 0 fully saturated rings. The molecule has 78 valence electrons. The van der Waals surface area contributed by atoms with E-state index in [9.17, 15) is 0 Å². The summed E-state index contributed by atoms with van der Waals surface area (Å²) in [4.78, 5) is 0. The molecule has 0 bridgehead atoms. The normalized spacial score (nSPS) is 12.7. The van der Waals surface area contributed by atoms with Gasteiger partial charge in [-0.3, -0.25) is 0 Å². The van der Waals surface area contributed by atoms with Gasteiger partial charge in [0.05, 0.1) is 6.26 Å². The Kier molecular flexibility index (Phi) is 4.47. The van der Waals surface area contributed by atoms with Crippen LogP contribution in [0.25, 0.3) is 0 Å². The van der Waals surface area contributed by atoms with Crippen LogP contribution in [0.1, 0.15) is 37.1 Å². The van der Waals surface area contributed by atoms with Gasteiger partial charge in [0, 0.05) is 11.6 Å². The Balaban J connectivity index is 2.61. The van der Waals surface area contributed by atoms with E-state index in [0.717, 1.165) is 25.1 Å². The van der Waals surface area contributed by atoms with Crippen molar-refractivity contribution in [2.45, 2.75) is 32.7 Å². The van der Waals surface area contributed by atoms with Crippen molar-refractivity contribution >= 4 is 0 Å². The highest BCUT2D eigenvalue weighted by Crippen LogP contribution is 2.19. The molecule has 0 aliphatic heterocycles. The predicted octanol–water partition coefficient (Wildman–Crippen LogP) is 3.20. The van der Waals surface area contributed by atoms with Gasteiger partial charge in [-0.15, -0.1) is 6.58 Å². The van der Waals surface area contributed by atoms with Crippen LogP contribution in [0.5, 0.6) is 0 Å². The number of hydrogen-bond acceptors (Lipinski definition) is 2. The fourth-order valence-corrected chi connectivity index (χ4v) is 1.47. The Labute approximate surface area is 86.0 Å². The highest BCUT2D eigenvalue weighted by atomic mass is 16.3. The van der Waals surface area contributed by atoms with Crippen molar-refractivity contribution in [3.63, 3.8) is 0 Å². The van der Waals surface area contributed by atoms with Gasteiger partial charge in [0.15, 0.2) is 0 Å². The molecule has 0 saturated carbocycles. The lowest BCUT2D eigenvalue weighted by Gasteiger charge is -2.14. The lowest BCUT2D eigenvalue weighted by Crippen LogP contribution is -2.21. The van der Waals surface area contributed by atoms with E-state index in [-0.39, 0.29) is 0 Å². The molecule has 1 unspecified atom stereocenters. The first-order chi connectivity index (χ1) is 6.77. The van der Waals surface area contributed by atoms with Gasteiger partial charge >= 0.3 is 0 Å². The first kappa shape index (κ1) is 11.1. The maximum Gasteiger partial charge on any atom is 0.101 e. The number of nitrogens with one attached hydrogen (secondary N) is 1. The molecule has 1 atom stereocenters. The predicted molar refractivity (Wildman–Crippen MR) is 59.3 cm³/mol. The summed E-state index contributed by atoms with van der Waals surface area (Å²) in [5, 5.41) is 3.47. The van der Waals surface area contributed by atoms with Crippen molar-refractivity contribution in [2.24, 2.45) is 0 Å². The van der Waals surface area contributed by atoms with Crippen molar-refractivity contribution in [3.8, 4) is 0 Å². The van der Waals surface area contributed by atoms with Gasteiger partial charge in [-0.2, -0.15) is 0 Å². The highest BCUT2D eigenvalue weighted by Gasteiger charge is 2.10. The van der Waals surface area contributed by atoms with Crippen LogP contribution in [0.2, 0.25) is 0 Å². The molecule has 2 nitrogen and oxygen atoms in total. The average Bonchev–Trinajstić information content (AvgIpc) is 2.59. The number of rotatable bonds is 6. The standard InChI is InChI=1S/C12H19NO/c1-4-6-12(13-7-5-2)11-8-10(3)14-9-11/h4,8-9,12-13H,1,5-7H2,2-3H3. The van der Waals surface area contributed by atoms with Crippen LogP contribution in [0, 0.1) is 6.92 Å². The van der Waals surface area contributed by atoms with Gasteiger partial charge in [-0.25, -0.2) is 0 Å². The maximum atomic E-state index is 5.30. The van der Waals surface area contributed by atoms with Crippen molar-refractivity contribution in [1.29, 1.82) is 0 Å². The lowest BCUT2D eigenvalue weighted by molar-refractivity contribution is 0.507. The second kappa shape index (κ2) is 5.66. The molecule has 0 aliphatic carbocycles. The summed E-state index contributed by atoms with van der Waals surface area (Å²) < 4.78 is 5.30. The van der Waals surface area contributed by atoms with Gasteiger partial charge in [0.25, 0.3) is 0 Å². The highest BCUT2D eigenvalue weighted by molar-refractivity contribution is 5.17. The van der Waals surface area contributed by atoms with Crippen molar-refractivity contribution < 1.29 is 4.42 Å². The molecule has 0 radical (unpaired) electrons. The molecule has 1 N–H and O–H groups in total. The molecule has 0 saturated heterocycles. The van der Waals surface area contributed by atoms with E-state index in [1.54, 1.807) is 0 Å². The molecule has 2 heteroatoms. The zero-order chi connectivity index (χ0) is 10.4. The second-order valence-electron chi connectivity index (χ2n) is 3.52. The van der Waals surface area contributed by atoms with Crippen LogP contribution in [-0.4, -0.2) is 6.54 Å². The van der Waals surface area contributed by atoms with Crippen LogP contribution in [0.4, 0.5) is 0 Å². The SMILES string of the molecule is C=CCC(NCCC)c1coc(C)c1. The minimum atomic E-state index is 0.352. The summed E-state index contributed by atoms with van der Waals surface area (Å²) in [6.45, 7) is 8.93. The molecule has 0 aliphatic rings. The van der Waals surface area contributed by atoms with E-state index in [2.05, 4.69) is 24.9 Å². The summed E-state index contributed by atoms with van der Waals surface area (Å²) in [6, 6.07) is 2.43. The molecule has 0 aromatic carbocycles. The minimum absolute atomic E-state index is 0.352. The van der Waals surface area contributed by atoms with Crippen LogP contribution in [0.3, 0.4) is 0 Å². The fraction of sp³-hybridized carbons (Fsp3) is 0.500. The zero-order valence-corrected chi connectivity index (χ0v) is 9.05. The van der Waals surface area contributed by atoms with E-state index >= 15 is 0 Å². The third-order valence-corrected chi connectivity index (χ3v) is 2.20. The van der Waals surface area contributed by atoms with Crippen molar-refractivity contribution in [3.05, 3.63) is 36.3 Å². The smallest absolute Gasteiger partial charge is 0.101 e. The zero-order valence-electron chi connectivity index (χ0n) is 9.05. The summed E-state index contributed by atoms with van der Waals surface area (Å²) in [7, 11) is 0. The molecule has 1 aromatic rings. The molecular formula is C12H19NO. The van der Waals surface area contributed by atoms with Crippen LogP contribution in [-0.2, 0) is 0 Å². The van der Waals surface area contributed by atoms with Gasteiger partial charge in [-0.1, -0.05) is 13.0 Å². The number of furan rings is 1. The van der Waals surface area contributed by atoms with E-state index < -0.39 is 0 Å². The lowest BCUT2D eigenvalue weighted by atomic mass is 10.1. The molecule has 1 aromatic heterocycles. The first-order valence-electron chi connectivity index (χ1n) is 5.17. The van der Waals surface area contributed by atoms with Gasteiger partial charge in [-0.05, 0) is 32.4 Å². The third kappa shape index (κ3) is 3.04. The van der Waals surface area contributed by atoms with Crippen molar-refractivity contribution in [1.82, 2.24) is 5.32 Å². The summed E-state index contributed by atoms with van der Waals surface area (Å²) in [5.41, 5.74) is 1.22. The third-order valence-electron chi connectivity index (χ3n) is 2.20. The van der Waals surface area contributed by atoms with E-state index in [1.807, 2.05) is 19.3 Å². The van der Waals surface area contributed by atoms with E-state index in [0.29, 0.717) is 6.04 Å². The molecule has 14 heavy (non-hydrogen) atoms. The van der Waals surface area contributed by atoms with E-state index in [4.69, 9.17) is 4.42 Å². The topological polar surface area (TPSA) is 25.2 Å². The Hall–Kier alpha value is -1.02. The molecule has 0 spiro atoms. The average molecular weight is 193 g/mol. The number of aryl methyl sites for hydroxylation is 1. The largest absolute Gasteiger partial charge is 0.469 e. The monoisotopic (exact) mass is 193 g/mol. The first-order valence-corrected chi connectivity index (χ1v) is 5.17. The van der Waals surface area contributed by atoms with Gasteiger partial charge in [0.1, 0.15) is 5.76 Å².